The van der Waals surface area contributed by atoms with Gasteiger partial charge in [-0.1, -0.05) is 158 Å². The molecule has 0 unspecified atom stereocenters. The summed E-state index contributed by atoms with van der Waals surface area (Å²) in [4.78, 5) is 32.7. The number of hydrogen-bond acceptors (Lipinski definition) is 2. The van der Waals surface area contributed by atoms with Crippen molar-refractivity contribution in [3.05, 3.63) is 204 Å². The highest BCUT2D eigenvalue weighted by Crippen LogP contribution is 2.57. The van der Waals surface area contributed by atoms with E-state index in [4.69, 9.17) is 0 Å². The Balaban J connectivity index is 0.00000523. The van der Waals surface area contributed by atoms with E-state index in [0.29, 0.717) is 51.3 Å². The van der Waals surface area contributed by atoms with Gasteiger partial charge in [0.2, 0.25) is 11.8 Å². The number of halogens is 1. The fourth-order valence-electron chi connectivity index (χ4n) is 6.77. The van der Waals surface area contributed by atoms with Gasteiger partial charge < -0.3 is 22.2 Å². The number of carbonyl (C=O) groups is 2. The molecular weight excluding hydrogens is 679 g/mol. The fourth-order valence-corrected chi connectivity index (χ4v) is 11.0. The zero-order chi connectivity index (χ0) is 35.1. The van der Waals surface area contributed by atoms with Gasteiger partial charge in [0, 0.05) is 26.2 Å². The van der Waals surface area contributed by atoms with Crippen molar-refractivity contribution in [2.75, 3.05) is 12.3 Å². The summed E-state index contributed by atoms with van der Waals surface area (Å²) < 4.78 is 0. The SMILES string of the molecule is O=C(CC[P+](CCC(=O)N(Cc1ccccc1)Cc1ccccc1)(c1ccccc1)c1ccccc1)N(Cc1ccccc1)Cc1ccccc1.[Cl-]. The third-order valence-corrected chi connectivity index (χ3v) is 14.0. The molecule has 4 nitrogen and oxygen atoms in total. The lowest BCUT2D eigenvalue weighted by Gasteiger charge is -2.30. The Morgan fingerprint density at radius 1 is 0.365 bits per heavy atom. The van der Waals surface area contributed by atoms with Gasteiger partial charge >= 0.3 is 0 Å². The number of rotatable bonds is 16. The molecule has 0 spiro atoms. The molecule has 0 saturated carbocycles. The molecule has 0 bridgehead atoms. The molecule has 6 rings (SSSR count). The largest absolute Gasteiger partial charge is 1.00 e. The van der Waals surface area contributed by atoms with Crippen LogP contribution in [0.2, 0.25) is 0 Å². The molecule has 0 aliphatic rings. The lowest BCUT2D eigenvalue weighted by molar-refractivity contribution is -0.132. The van der Waals surface area contributed by atoms with Crippen LogP contribution in [-0.4, -0.2) is 33.9 Å². The highest BCUT2D eigenvalue weighted by molar-refractivity contribution is 7.89. The molecule has 0 aliphatic carbocycles. The molecule has 264 valence electrons. The third kappa shape index (κ3) is 10.5. The topological polar surface area (TPSA) is 40.6 Å². The van der Waals surface area contributed by atoms with Crippen molar-refractivity contribution in [1.82, 2.24) is 9.80 Å². The monoisotopic (exact) mass is 724 g/mol. The first-order chi connectivity index (χ1) is 25.1. The zero-order valence-corrected chi connectivity index (χ0v) is 31.2. The Labute approximate surface area is 315 Å². The average Bonchev–Trinajstić information content (AvgIpc) is 3.19. The van der Waals surface area contributed by atoms with Gasteiger partial charge in [-0.3, -0.25) is 9.59 Å². The molecule has 0 fully saturated rings. The van der Waals surface area contributed by atoms with Gasteiger partial charge in [0.15, 0.2) is 0 Å². The summed E-state index contributed by atoms with van der Waals surface area (Å²) in [5.41, 5.74) is 4.43. The predicted molar refractivity (Wildman–Crippen MR) is 212 cm³/mol. The lowest BCUT2D eigenvalue weighted by atomic mass is 10.1. The minimum absolute atomic E-state index is 0. The van der Waals surface area contributed by atoms with E-state index in [1.165, 1.54) is 10.6 Å². The first-order valence-corrected chi connectivity index (χ1v) is 19.9. The van der Waals surface area contributed by atoms with Crippen LogP contribution in [0.1, 0.15) is 35.1 Å². The van der Waals surface area contributed by atoms with Crippen molar-refractivity contribution >= 4 is 29.7 Å². The molecule has 52 heavy (non-hydrogen) atoms. The van der Waals surface area contributed by atoms with Crippen LogP contribution >= 0.6 is 7.26 Å². The van der Waals surface area contributed by atoms with Crippen molar-refractivity contribution in [3.8, 4) is 0 Å². The molecule has 0 aromatic heterocycles. The predicted octanol–water partition coefficient (Wildman–Crippen LogP) is 5.90. The summed E-state index contributed by atoms with van der Waals surface area (Å²) in [6, 6.07) is 62.1. The molecule has 6 aromatic carbocycles. The smallest absolute Gasteiger partial charge is 0.226 e. The number of amides is 2. The molecule has 0 heterocycles. The Hall–Kier alpha value is -5.02. The van der Waals surface area contributed by atoms with Crippen molar-refractivity contribution in [3.63, 3.8) is 0 Å². The fraction of sp³-hybridized carbons (Fsp3) is 0.174. The van der Waals surface area contributed by atoms with E-state index in [1.54, 1.807) is 0 Å². The van der Waals surface area contributed by atoms with Crippen molar-refractivity contribution in [2.24, 2.45) is 0 Å². The average molecular weight is 725 g/mol. The molecule has 6 heteroatoms. The Kier molecular flexibility index (Phi) is 14.4. The standard InChI is InChI=1S/C46H46N2O2P.ClH/c49-45(47(35-39-19-7-1-8-20-39)36-40-21-9-2-10-22-40)31-33-51(43-27-15-5-16-28-43,44-29-17-6-18-30-44)34-32-46(50)48(37-41-23-11-3-12-24-41)38-42-25-13-4-14-26-42;/h1-30H,31-38H2;1H/q+1;/p-1. The van der Waals surface area contributed by atoms with E-state index < -0.39 is 7.26 Å². The Morgan fingerprint density at radius 2 is 0.596 bits per heavy atom. The second kappa shape index (κ2) is 19.6. The minimum Gasteiger partial charge on any atom is -1.00 e. The van der Waals surface area contributed by atoms with Crippen LogP contribution in [0.15, 0.2) is 182 Å². The quantitative estimate of drug-likeness (QED) is 0.117. The summed E-state index contributed by atoms with van der Waals surface area (Å²) in [5, 5.41) is 2.46. The van der Waals surface area contributed by atoms with Crippen molar-refractivity contribution in [1.29, 1.82) is 0 Å². The number of nitrogens with zero attached hydrogens (tertiary/aromatic N) is 2. The Morgan fingerprint density at radius 3 is 0.846 bits per heavy atom. The molecule has 0 atom stereocenters. The molecule has 0 saturated heterocycles. The van der Waals surface area contributed by atoms with E-state index in [-0.39, 0.29) is 24.2 Å². The summed E-state index contributed by atoms with van der Waals surface area (Å²) in [5.74, 6) is 0.250. The Bertz CT molecular complexity index is 1700. The van der Waals surface area contributed by atoms with Gasteiger partial charge in [-0.25, -0.2) is 0 Å². The highest BCUT2D eigenvalue weighted by atomic mass is 35.5. The van der Waals surface area contributed by atoms with E-state index in [2.05, 4.69) is 97.1 Å². The normalized spacial score (nSPS) is 10.9. The van der Waals surface area contributed by atoms with Gasteiger partial charge in [0.25, 0.3) is 0 Å². The molecule has 0 aliphatic heterocycles. The van der Waals surface area contributed by atoms with Gasteiger partial charge in [-0.05, 0) is 46.5 Å². The van der Waals surface area contributed by atoms with E-state index in [0.717, 1.165) is 22.3 Å². The van der Waals surface area contributed by atoms with E-state index >= 15 is 0 Å². The van der Waals surface area contributed by atoms with Crippen LogP contribution in [0.5, 0.6) is 0 Å². The maximum atomic E-state index is 14.4. The van der Waals surface area contributed by atoms with Crippen LogP contribution in [0, 0.1) is 0 Å². The third-order valence-electron chi connectivity index (χ3n) is 9.49. The van der Waals surface area contributed by atoms with Crippen LogP contribution in [0.3, 0.4) is 0 Å². The first kappa shape index (κ1) is 38.2. The van der Waals surface area contributed by atoms with Gasteiger partial charge in [0.1, 0.15) is 0 Å². The van der Waals surface area contributed by atoms with Crippen LogP contribution < -0.4 is 23.0 Å². The molecule has 2 amide bonds. The maximum Gasteiger partial charge on any atom is 0.226 e. The number of benzene rings is 6. The molecule has 6 aromatic rings. The van der Waals surface area contributed by atoms with Gasteiger partial charge in [-0.15, -0.1) is 0 Å². The maximum absolute atomic E-state index is 14.4. The molecule has 0 radical (unpaired) electrons. The van der Waals surface area contributed by atoms with Gasteiger partial charge in [0.05, 0.1) is 43.0 Å². The first-order valence-electron chi connectivity index (χ1n) is 17.8. The minimum atomic E-state index is -2.21. The summed E-state index contributed by atoms with van der Waals surface area (Å²) >= 11 is 0. The second-order valence-corrected chi connectivity index (χ2v) is 16.9. The molecular formula is C46H46ClN2O2P. The molecule has 0 N–H and O–H groups in total. The van der Waals surface area contributed by atoms with E-state index in [1.807, 2.05) is 94.7 Å². The lowest BCUT2D eigenvalue weighted by Crippen LogP contribution is -3.00. The van der Waals surface area contributed by atoms with Crippen LogP contribution in [0.4, 0.5) is 0 Å². The second-order valence-electron chi connectivity index (χ2n) is 13.0. The summed E-state index contributed by atoms with van der Waals surface area (Å²) in [6.45, 7) is 2.18. The number of carbonyl (C=O) groups excluding carboxylic acids is 2. The van der Waals surface area contributed by atoms with E-state index in [9.17, 15) is 9.59 Å². The zero-order valence-electron chi connectivity index (χ0n) is 29.5. The van der Waals surface area contributed by atoms with Crippen molar-refractivity contribution in [2.45, 2.75) is 39.0 Å². The summed E-state index contributed by atoms with van der Waals surface area (Å²) in [6.07, 6.45) is 2.15. The van der Waals surface area contributed by atoms with Crippen molar-refractivity contribution < 1.29 is 22.0 Å². The number of hydrogen-bond donors (Lipinski definition) is 0. The highest BCUT2D eigenvalue weighted by Gasteiger charge is 2.43. The van der Waals surface area contributed by atoms with Gasteiger partial charge in [-0.2, -0.15) is 0 Å². The van der Waals surface area contributed by atoms with Crippen LogP contribution in [0.25, 0.3) is 0 Å². The summed E-state index contributed by atoms with van der Waals surface area (Å²) in [7, 11) is -2.21. The van der Waals surface area contributed by atoms with Crippen LogP contribution in [-0.2, 0) is 35.8 Å².